The Kier molecular flexibility index (Phi) is 6.13. The van der Waals surface area contributed by atoms with Crippen molar-refractivity contribution in [3.8, 4) is 0 Å². The van der Waals surface area contributed by atoms with Gasteiger partial charge < -0.3 is 0 Å². The van der Waals surface area contributed by atoms with Crippen LogP contribution >= 0.6 is 0 Å². The summed E-state index contributed by atoms with van der Waals surface area (Å²) < 4.78 is 80.2. The van der Waals surface area contributed by atoms with Crippen molar-refractivity contribution in [1.29, 1.82) is 0 Å². The van der Waals surface area contributed by atoms with Crippen molar-refractivity contribution < 1.29 is 30.0 Å². The van der Waals surface area contributed by atoms with Crippen LogP contribution in [0.15, 0.2) is 58.3 Å². The minimum absolute atomic E-state index is 0.00828. The lowest BCUT2D eigenvalue weighted by molar-refractivity contribution is -0.128. The van der Waals surface area contributed by atoms with E-state index in [1.807, 2.05) is 13.8 Å². The number of fused-ring (bicyclic) bond motifs is 2. The Balaban J connectivity index is 1.92. The normalized spacial score (nSPS) is 24.3. The summed E-state index contributed by atoms with van der Waals surface area (Å²) in [7, 11) is -14.7. The van der Waals surface area contributed by atoms with Crippen LogP contribution in [0.25, 0.3) is 0 Å². The number of carbonyl (C=O) groups excluding carboxylic acids is 1. The SMILES string of the molecule is Cc1ccc(S(=O)(=O)C(S(=O)(=O)CC23CCC(CC2=O)C3(C)C)S(=O)(=O)c2ccc(C)cc2)cc1. The van der Waals surface area contributed by atoms with Gasteiger partial charge in [0.25, 0.3) is 3.91 Å². The monoisotopic (exact) mass is 538 g/mol. The molecule has 0 amide bonds. The third-order valence-corrected chi connectivity index (χ3v) is 17.2. The van der Waals surface area contributed by atoms with Gasteiger partial charge in [0.15, 0.2) is 9.84 Å². The molecule has 0 aliphatic heterocycles. The zero-order valence-electron chi connectivity index (χ0n) is 20.2. The number of benzene rings is 2. The zero-order valence-corrected chi connectivity index (χ0v) is 22.6. The summed E-state index contributed by atoms with van der Waals surface area (Å²) in [6.07, 6.45) is 1.17. The molecule has 2 aromatic rings. The van der Waals surface area contributed by atoms with Gasteiger partial charge in [-0.2, -0.15) is 0 Å². The molecule has 0 spiro atoms. The van der Waals surface area contributed by atoms with Gasteiger partial charge in [-0.15, -0.1) is 0 Å². The average Bonchev–Trinajstić information content (AvgIpc) is 3.07. The fourth-order valence-corrected chi connectivity index (χ4v) is 14.9. The van der Waals surface area contributed by atoms with E-state index in [1.165, 1.54) is 48.5 Å². The fraction of sp³-hybridized carbons (Fsp3) is 0.480. The number of Topliss-reactive ketones (excluding diaryl/α,β-unsaturated/α-hetero) is 1. The van der Waals surface area contributed by atoms with Crippen LogP contribution in [0.4, 0.5) is 0 Å². The highest BCUT2D eigenvalue weighted by Crippen LogP contribution is 2.64. The summed E-state index contributed by atoms with van der Waals surface area (Å²) in [4.78, 5) is 12.2. The second-order valence-electron chi connectivity index (χ2n) is 10.5. The summed E-state index contributed by atoms with van der Waals surface area (Å²) in [5.74, 6) is -1.06. The molecule has 2 unspecified atom stereocenters. The molecule has 2 aromatic carbocycles. The van der Waals surface area contributed by atoms with Gasteiger partial charge in [-0.05, 0) is 62.3 Å². The highest BCUT2D eigenvalue weighted by molar-refractivity contribution is 8.24. The molecule has 0 radical (unpaired) electrons. The Morgan fingerprint density at radius 3 is 1.57 bits per heavy atom. The lowest BCUT2D eigenvalue weighted by atomic mass is 9.70. The number of carbonyl (C=O) groups is 1. The molecule has 2 saturated carbocycles. The average molecular weight is 539 g/mol. The summed E-state index contributed by atoms with van der Waals surface area (Å²) >= 11 is 0. The maximum absolute atomic E-state index is 14.0. The predicted molar refractivity (Wildman–Crippen MR) is 133 cm³/mol. The molecule has 2 fully saturated rings. The number of aryl methyl sites for hydroxylation is 2. The molecule has 10 heteroatoms. The van der Waals surface area contributed by atoms with Crippen LogP contribution < -0.4 is 0 Å². The molecule has 0 aromatic heterocycles. The number of hydrogen-bond donors (Lipinski definition) is 0. The predicted octanol–water partition coefficient (Wildman–Crippen LogP) is 3.64. The van der Waals surface area contributed by atoms with E-state index in [0.717, 1.165) is 11.1 Å². The second-order valence-corrected chi connectivity index (χ2v) is 17.5. The number of rotatable bonds is 7. The molecule has 0 heterocycles. The highest BCUT2D eigenvalue weighted by Gasteiger charge is 2.67. The van der Waals surface area contributed by atoms with Crippen LogP contribution in [0, 0.1) is 30.6 Å². The van der Waals surface area contributed by atoms with E-state index in [0.29, 0.717) is 12.8 Å². The van der Waals surface area contributed by atoms with Gasteiger partial charge in [0, 0.05) is 11.8 Å². The molecule has 2 aliphatic rings. The first kappa shape index (κ1) is 26.0. The summed E-state index contributed by atoms with van der Waals surface area (Å²) in [6, 6.07) is 10.8. The van der Waals surface area contributed by atoms with E-state index in [1.54, 1.807) is 13.8 Å². The van der Waals surface area contributed by atoms with E-state index in [4.69, 9.17) is 0 Å². The van der Waals surface area contributed by atoms with Gasteiger partial charge in [-0.25, -0.2) is 25.3 Å². The van der Waals surface area contributed by atoms with Gasteiger partial charge in [-0.1, -0.05) is 49.2 Å². The minimum Gasteiger partial charge on any atom is -0.299 e. The van der Waals surface area contributed by atoms with Crippen LogP contribution in [-0.2, 0) is 34.3 Å². The van der Waals surface area contributed by atoms with E-state index in [-0.39, 0.29) is 18.1 Å². The van der Waals surface area contributed by atoms with Crippen molar-refractivity contribution in [3.63, 3.8) is 0 Å². The molecule has 7 nitrogen and oxygen atoms in total. The maximum Gasteiger partial charge on any atom is 0.271 e. The quantitative estimate of drug-likeness (QED) is 0.528. The van der Waals surface area contributed by atoms with E-state index in [2.05, 4.69) is 0 Å². The molecular formula is C25H30O7S3. The molecule has 0 saturated heterocycles. The van der Waals surface area contributed by atoms with Crippen LogP contribution in [0.1, 0.15) is 44.2 Å². The van der Waals surface area contributed by atoms with Crippen LogP contribution in [0.2, 0.25) is 0 Å². The third-order valence-electron chi connectivity index (χ3n) is 8.09. The highest BCUT2D eigenvalue weighted by atomic mass is 32.3. The Morgan fingerprint density at radius 1 is 0.800 bits per heavy atom. The van der Waals surface area contributed by atoms with Gasteiger partial charge in [0.2, 0.25) is 19.7 Å². The first-order valence-corrected chi connectivity index (χ1v) is 16.2. The van der Waals surface area contributed by atoms with E-state index < -0.39 is 59.8 Å². The van der Waals surface area contributed by atoms with E-state index in [9.17, 15) is 30.0 Å². The van der Waals surface area contributed by atoms with Gasteiger partial charge >= 0.3 is 0 Å². The zero-order chi connectivity index (χ0) is 26.0. The largest absolute Gasteiger partial charge is 0.299 e. The fourth-order valence-electron chi connectivity index (χ4n) is 5.75. The summed E-state index contributed by atoms with van der Waals surface area (Å²) in [6.45, 7) is 7.11. The number of hydrogen-bond acceptors (Lipinski definition) is 7. The molecule has 2 aliphatic carbocycles. The number of sulfone groups is 3. The smallest absolute Gasteiger partial charge is 0.271 e. The van der Waals surface area contributed by atoms with Crippen LogP contribution in [-0.4, -0.2) is 40.7 Å². The molecular weight excluding hydrogens is 508 g/mol. The van der Waals surface area contributed by atoms with Crippen molar-refractivity contribution in [1.82, 2.24) is 0 Å². The Morgan fingerprint density at radius 2 is 1.23 bits per heavy atom. The van der Waals surface area contributed by atoms with Gasteiger partial charge in [0.1, 0.15) is 5.78 Å². The standard InChI is InChI=1S/C25H30O7S3/c1-17-5-9-20(10-6-17)34(29,30)23(35(31,32)21-11-7-18(2)8-12-21)33(27,28)16-25-14-13-19(15-22(25)26)24(25,3)4/h5-12,19,23H,13-16H2,1-4H3. The number of ketones is 1. The first-order valence-electron chi connectivity index (χ1n) is 11.4. The molecule has 35 heavy (non-hydrogen) atoms. The third kappa shape index (κ3) is 3.97. The molecule has 4 rings (SSSR count). The van der Waals surface area contributed by atoms with Crippen molar-refractivity contribution in [2.24, 2.45) is 16.7 Å². The summed E-state index contributed by atoms with van der Waals surface area (Å²) in [5.41, 5.74) is -0.513. The lowest BCUT2D eigenvalue weighted by Crippen LogP contribution is -2.48. The second kappa shape index (κ2) is 8.24. The summed E-state index contributed by atoms with van der Waals surface area (Å²) in [5, 5.41) is 0. The minimum atomic E-state index is -4.90. The van der Waals surface area contributed by atoms with Crippen molar-refractivity contribution >= 4 is 35.3 Å². The molecule has 0 N–H and O–H groups in total. The van der Waals surface area contributed by atoms with Gasteiger partial charge in [-0.3, -0.25) is 4.79 Å². The Hall–Kier alpha value is -2.04. The molecule has 190 valence electrons. The molecule has 2 atom stereocenters. The van der Waals surface area contributed by atoms with Crippen LogP contribution in [0.3, 0.4) is 0 Å². The van der Waals surface area contributed by atoms with Crippen LogP contribution in [0.5, 0.6) is 0 Å². The lowest BCUT2D eigenvalue weighted by Gasteiger charge is -2.37. The Labute approximate surface area is 207 Å². The van der Waals surface area contributed by atoms with Crippen molar-refractivity contribution in [2.75, 3.05) is 5.75 Å². The maximum atomic E-state index is 14.0. The molecule has 2 bridgehead atoms. The van der Waals surface area contributed by atoms with Crippen molar-refractivity contribution in [2.45, 2.75) is 60.7 Å². The topological polar surface area (TPSA) is 119 Å². The van der Waals surface area contributed by atoms with E-state index >= 15 is 0 Å². The van der Waals surface area contributed by atoms with Gasteiger partial charge in [0.05, 0.1) is 15.5 Å². The Bertz CT molecular complexity index is 1410. The first-order chi connectivity index (χ1) is 16.1. The van der Waals surface area contributed by atoms with Crippen molar-refractivity contribution in [3.05, 3.63) is 59.7 Å².